The van der Waals surface area contributed by atoms with E-state index in [1.54, 1.807) is 31.4 Å². The second-order valence-corrected chi connectivity index (χ2v) is 10.9. The first-order valence-corrected chi connectivity index (χ1v) is 13.8. The fraction of sp³-hybridized carbons (Fsp3) is 0.462. The van der Waals surface area contributed by atoms with E-state index < -0.39 is 16.1 Å². The Balaban J connectivity index is 1.33. The molecule has 0 unspecified atom stereocenters. The molecule has 0 saturated carbocycles. The van der Waals surface area contributed by atoms with Crippen LogP contribution >= 0.6 is 0 Å². The van der Waals surface area contributed by atoms with Crippen molar-refractivity contribution >= 4 is 21.8 Å². The van der Waals surface area contributed by atoms with Gasteiger partial charge in [-0.1, -0.05) is 30.7 Å². The molecule has 0 aliphatic carbocycles. The number of nitrogens with one attached hydrogen (secondary N) is 1. The minimum absolute atomic E-state index is 0.0740. The largest absolute Gasteiger partial charge is 0.497 e. The first kappa shape index (κ1) is 23.8. The van der Waals surface area contributed by atoms with Gasteiger partial charge in [-0.25, -0.2) is 0 Å². The molecule has 3 aliphatic heterocycles. The van der Waals surface area contributed by atoms with Gasteiger partial charge in [0.1, 0.15) is 16.7 Å². The summed E-state index contributed by atoms with van der Waals surface area (Å²) < 4.78 is 34.5. The fourth-order valence-corrected chi connectivity index (χ4v) is 6.63. The van der Waals surface area contributed by atoms with Crippen LogP contribution < -0.4 is 10.1 Å². The molecule has 0 radical (unpaired) electrons. The van der Waals surface area contributed by atoms with E-state index in [1.807, 2.05) is 17.0 Å². The van der Waals surface area contributed by atoms with Gasteiger partial charge >= 0.3 is 0 Å². The highest BCUT2D eigenvalue weighted by Gasteiger charge is 2.39. The average Bonchev–Trinajstić information content (AvgIpc) is 3.48. The molecule has 35 heavy (non-hydrogen) atoms. The van der Waals surface area contributed by atoms with Crippen molar-refractivity contribution < 1.29 is 17.9 Å². The Labute approximate surface area is 207 Å². The number of benzene rings is 2. The zero-order valence-electron chi connectivity index (χ0n) is 20.0. The summed E-state index contributed by atoms with van der Waals surface area (Å²) >= 11 is 0. The second-order valence-electron chi connectivity index (χ2n) is 9.37. The summed E-state index contributed by atoms with van der Waals surface area (Å²) in [5.74, 6) is 1.12. The van der Waals surface area contributed by atoms with Crippen molar-refractivity contribution in [2.75, 3.05) is 33.3 Å². The third-order valence-electron chi connectivity index (χ3n) is 7.24. The van der Waals surface area contributed by atoms with E-state index >= 15 is 0 Å². The van der Waals surface area contributed by atoms with Crippen molar-refractivity contribution in [3.8, 4) is 5.75 Å². The summed E-state index contributed by atoms with van der Waals surface area (Å²) in [6, 6.07) is 14.5. The topological polar surface area (TPSA) is 91.3 Å². The molecule has 9 heteroatoms. The first-order chi connectivity index (χ1) is 17.0. The molecular formula is C26H32N4O4S. The van der Waals surface area contributed by atoms with Crippen LogP contribution in [0.3, 0.4) is 0 Å². The molecule has 3 heterocycles. The van der Waals surface area contributed by atoms with Crippen molar-refractivity contribution in [2.24, 2.45) is 4.40 Å². The number of hydrogen-bond donors (Lipinski definition) is 1. The summed E-state index contributed by atoms with van der Waals surface area (Å²) in [6.45, 7) is 3.12. The highest BCUT2D eigenvalue weighted by molar-refractivity contribution is 7.90. The minimum atomic E-state index is -3.73. The van der Waals surface area contributed by atoms with Crippen molar-refractivity contribution in [2.45, 2.75) is 49.1 Å². The summed E-state index contributed by atoms with van der Waals surface area (Å²) in [5.41, 5.74) is 1.73. The van der Waals surface area contributed by atoms with Crippen LogP contribution in [0.2, 0.25) is 0 Å². The van der Waals surface area contributed by atoms with E-state index in [1.165, 1.54) is 6.42 Å². The Morgan fingerprint density at radius 2 is 1.80 bits per heavy atom. The molecular weight excluding hydrogens is 464 g/mol. The van der Waals surface area contributed by atoms with Gasteiger partial charge < -0.3 is 15.0 Å². The van der Waals surface area contributed by atoms with Gasteiger partial charge in [0.2, 0.25) is 5.91 Å². The number of piperidine rings is 1. The highest BCUT2D eigenvalue weighted by Crippen LogP contribution is 2.31. The third-order valence-corrected chi connectivity index (χ3v) is 8.57. The Morgan fingerprint density at radius 1 is 1.06 bits per heavy atom. The van der Waals surface area contributed by atoms with Crippen LogP contribution in [-0.2, 0) is 14.8 Å². The molecule has 2 atom stereocenters. The first-order valence-electron chi connectivity index (χ1n) is 12.3. The molecule has 8 nitrogen and oxygen atoms in total. The van der Waals surface area contributed by atoms with E-state index in [9.17, 15) is 13.2 Å². The van der Waals surface area contributed by atoms with Gasteiger partial charge in [0.15, 0.2) is 5.84 Å². The zero-order valence-corrected chi connectivity index (χ0v) is 20.8. The molecule has 5 rings (SSSR count). The van der Waals surface area contributed by atoms with Crippen molar-refractivity contribution in [1.82, 2.24) is 15.1 Å². The zero-order chi connectivity index (χ0) is 24.4. The Bertz CT molecular complexity index is 1210. The lowest BCUT2D eigenvalue weighted by molar-refractivity contribution is -0.124. The van der Waals surface area contributed by atoms with Gasteiger partial charge in [0, 0.05) is 18.7 Å². The number of sulfonamides is 1. The standard InChI is InChI=1S/C26H32N4O4S/c1-34-20-13-11-19(12-14-20)23(29-15-5-2-6-16-29)18-27-26(31)22-9-7-17-30(22)25-21-8-3-4-10-24(21)35(32,33)28-25/h3-4,8,10-14,22-23H,2,5-7,9,15-18H2,1H3,(H,27,31)/t22-,23+/m0/s1. The SMILES string of the molecule is COc1ccc([C@@H](CNC(=O)[C@@H]2CCCN2C2=NS(=O)(=O)c3ccccc32)N2CCCCC2)cc1. The quantitative estimate of drug-likeness (QED) is 0.661. The van der Waals surface area contributed by atoms with E-state index in [2.05, 4.69) is 26.7 Å². The van der Waals surface area contributed by atoms with E-state index in [4.69, 9.17) is 4.74 Å². The average molecular weight is 497 g/mol. The van der Waals surface area contributed by atoms with Crippen LogP contribution in [0.25, 0.3) is 0 Å². The van der Waals surface area contributed by atoms with Crippen LogP contribution in [0.1, 0.15) is 49.3 Å². The predicted octanol–water partition coefficient (Wildman–Crippen LogP) is 2.95. The third kappa shape index (κ3) is 4.79. The smallest absolute Gasteiger partial charge is 0.285 e. The van der Waals surface area contributed by atoms with Crippen LogP contribution in [-0.4, -0.2) is 69.3 Å². The number of methoxy groups -OCH3 is 1. The molecule has 1 amide bonds. The Morgan fingerprint density at radius 3 is 2.54 bits per heavy atom. The second kappa shape index (κ2) is 9.99. The molecule has 1 N–H and O–H groups in total. The van der Waals surface area contributed by atoms with E-state index in [0.717, 1.165) is 43.7 Å². The number of likely N-dealkylation sites (tertiary alicyclic amines) is 2. The maximum absolute atomic E-state index is 13.4. The number of amidine groups is 1. The van der Waals surface area contributed by atoms with Crippen molar-refractivity contribution in [3.05, 3.63) is 59.7 Å². The van der Waals surface area contributed by atoms with Crippen molar-refractivity contribution in [1.29, 1.82) is 0 Å². The molecule has 0 spiro atoms. The predicted molar refractivity (Wildman–Crippen MR) is 134 cm³/mol. The molecule has 186 valence electrons. The maximum Gasteiger partial charge on any atom is 0.285 e. The monoisotopic (exact) mass is 496 g/mol. The van der Waals surface area contributed by atoms with Gasteiger partial charge in [-0.2, -0.15) is 8.42 Å². The fourth-order valence-electron chi connectivity index (χ4n) is 5.42. The van der Waals surface area contributed by atoms with Gasteiger partial charge in [0.25, 0.3) is 10.0 Å². The number of rotatable bonds is 6. The number of carbonyl (C=O) groups is 1. The number of hydrogen-bond acceptors (Lipinski definition) is 6. The van der Waals surface area contributed by atoms with Crippen LogP contribution in [0, 0.1) is 0 Å². The Hall–Kier alpha value is -2.91. The number of carbonyl (C=O) groups excluding carboxylic acids is 1. The molecule has 2 aromatic carbocycles. The molecule has 2 aromatic rings. The van der Waals surface area contributed by atoms with Crippen LogP contribution in [0.15, 0.2) is 57.8 Å². The minimum Gasteiger partial charge on any atom is -0.497 e. The molecule has 0 bridgehead atoms. The number of fused-ring (bicyclic) bond motifs is 1. The summed E-state index contributed by atoms with van der Waals surface area (Å²) in [4.78, 5) is 17.9. The molecule has 2 saturated heterocycles. The molecule has 3 aliphatic rings. The lowest BCUT2D eigenvalue weighted by atomic mass is 10.0. The van der Waals surface area contributed by atoms with E-state index in [-0.39, 0.29) is 16.8 Å². The molecule has 0 aromatic heterocycles. The van der Waals surface area contributed by atoms with Crippen LogP contribution in [0.4, 0.5) is 0 Å². The number of nitrogens with zero attached hydrogens (tertiary/aromatic N) is 3. The summed E-state index contributed by atoms with van der Waals surface area (Å²) in [6.07, 6.45) is 5.04. The molecule has 2 fully saturated rings. The highest BCUT2D eigenvalue weighted by atomic mass is 32.2. The van der Waals surface area contributed by atoms with E-state index in [0.29, 0.717) is 30.9 Å². The van der Waals surface area contributed by atoms with Gasteiger partial charge in [0.05, 0.1) is 13.2 Å². The maximum atomic E-state index is 13.4. The summed E-state index contributed by atoms with van der Waals surface area (Å²) in [5, 5.41) is 3.19. The van der Waals surface area contributed by atoms with Gasteiger partial charge in [-0.15, -0.1) is 4.40 Å². The lowest BCUT2D eigenvalue weighted by Gasteiger charge is -2.35. The van der Waals surface area contributed by atoms with Crippen molar-refractivity contribution in [3.63, 3.8) is 0 Å². The Kier molecular flexibility index (Phi) is 6.80. The number of amides is 1. The lowest BCUT2D eigenvalue weighted by Crippen LogP contribution is -2.48. The van der Waals surface area contributed by atoms with Crippen LogP contribution in [0.5, 0.6) is 5.75 Å². The number of ether oxygens (including phenoxy) is 1. The van der Waals surface area contributed by atoms with Gasteiger partial charge in [-0.05, 0) is 68.6 Å². The summed E-state index contributed by atoms with van der Waals surface area (Å²) in [7, 11) is -2.07. The van der Waals surface area contributed by atoms with Gasteiger partial charge in [-0.3, -0.25) is 9.69 Å². The normalized spacial score (nSPS) is 22.4.